The first-order valence-electron chi connectivity index (χ1n) is 7.41. The van der Waals surface area contributed by atoms with Crippen LogP contribution in [0.3, 0.4) is 0 Å². The van der Waals surface area contributed by atoms with E-state index in [-0.39, 0.29) is 24.5 Å². The minimum Gasteiger partial charge on any atom is -0.356 e. The number of carbonyl (C=O) groups is 2. The molecule has 1 heterocycles. The molecular formula is C16H21ClN2O2. The number of nitrogens with one attached hydrogen (secondary N) is 2. The van der Waals surface area contributed by atoms with Gasteiger partial charge in [-0.2, -0.15) is 0 Å². The zero-order chi connectivity index (χ0) is 15.1. The molecule has 2 rings (SSSR count). The number of hydrogen-bond donors (Lipinski definition) is 2. The number of carbonyl (C=O) groups excluding carboxylic acids is 2. The van der Waals surface area contributed by atoms with Crippen molar-refractivity contribution in [2.24, 2.45) is 5.92 Å². The largest absolute Gasteiger partial charge is 0.356 e. The highest BCUT2D eigenvalue weighted by atomic mass is 35.5. The number of hydrogen-bond acceptors (Lipinski definition) is 3. The molecule has 0 radical (unpaired) electrons. The zero-order valence-electron chi connectivity index (χ0n) is 12.0. The van der Waals surface area contributed by atoms with Gasteiger partial charge in [0.15, 0.2) is 5.78 Å². The van der Waals surface area contributed by atoms with Crippen molar-refractivity contribution in [1.29, 1.82) is 0 Å². The molecule has 0 aromatic heterocycles. The lowest BCUT2D eigenvalue weighted by Gasteiger charge is -2.09. The van der Waals surface area contributed by atoms with E-state index in [4.69, 9.17) is 11.6 Å². The molecule has 1 amide bonds. The summed E-state index contributed by atoms with van der Waals surface area (Å²) in [5.41, 5.74) is 0.601. The Morgan fingerprint density at radius 3 is 2.67 bits per heavy atom. The highest BCUT2D eigenvalue weighted by Crippen LogP contribution is 2.12. The third-order valence-corrected chi connectivity index (χ3v) is 4.03. The van der Waals surface area contributed by atoms with Crippen molar-refractivity contribution >= 4 is 23.3 Å². The fraction of sp³-hybridized carbons (Fsp3) is 0.500. The van der Waals surface area contributed by atoms with Gasteiger partial charge < -0.3 is 10.6 Å². The van der Waals surface area contributed by atoms with Gasteiger partial charge in [0.05, 0.1) is 0 Å². The predicted molar refractivity (Wildman–Crippen MR) is 83.6 cm³/mol. The highest BCUT2D eigenvalue weighted by Gasteiger charge is 2.14. The second-order valence-corrected chi connectivity index (χ2v) is 5.86. The second kappa shape index (κ2) is 8.15. The molecule has 1 aliphatic heterocycles. The van der Waals surface area contributed by atoms with Crippen LogP contribution >= 0.6 is 11.6 Å². The second-order valence-electron chi connectivity index (χ2n) is 5.43. The van der Waals surface area contributed by atoms with Crippen LogP contribution in [0.4, 0.5) is 0 Å². The van der Waals surface area contributed by atoms with Crippen LogP contribution in [-0.4, -0.2) is 31.3 Å². The van der Waals surface area contributed by atoms with Crippen molar-refractivity contribution < 1.29 is 9.59 Å². The number of benzene rings is 1. The predicted octanol–water partition coefficient (Wildman–Crippen LogP) is 2.42. The van der Waals surface area contributed by atoms with E-state index in [2.05, 4.69) is 10.6 Å². The molecule has 5 heteroatoms. The minimum absolute atomic E-state index is 0.0261. The summed E-state index contributed by atoms with van der Waals surface area (Å²) in [6.45, 7) is 2.82. The van der Waals surface area contributed by atoms with E-state index in [1.54, 1.807) is 24.3 Å². The summed E-state index contributed by atoms with van der Waals surface area (Å²) in [4.78, 5) is 23.6. The number of amides is 1. The van der Waals surface area contributed by atoms with Gasteiger partial charge in [0.25, 0.3) is 0 Å². The third-order valence-electron chi connectivity index (χ3n) is 3.78. The Bertz CT molecular complexity index is 482. The lowest BCUT2D eigenvalue weighted by Crippen LogP contribution is -2.26. The molecule has 1 aromatic rings. The molecule has 1 fully saturated rings. The maximum atomic E-state index is 11.9. The van der Waals surface area contributed by atoms with Gasteiger partial charge in [-0.1, -0.05) is 11.6 Å². The molecule has 2 N–H and O–H groups in total. The Kier molecular flexibility index (Phi) is 6.21. The van der Waals surface area contributed by atoms with E-state index in [9.17, 15) is 9.59 Å². The number of rotatable bonds is 7. The van der Waals surface area contributed by atoms with Gasteiger partial charge in [-0.25, -0.2) is 0 Å². The minimum atomic E-state index is -0.0525. The van der Waals surface area contributed by atoms with Crippen molar-refractivity contribution in [3.63, 3.8) is 0 Å². The summed E-state index contributed by atoms with van der Waals surface area (Å²) in [7, 11) is 0. The molecule has 0 bridgehead atoms. The first-order valence-corrected chi connectivity index (χ1v) is 7.79. The standard InChI is InChI=1S/C16H21ClN2O2/c17-14-3-1-13(2-4-14)15(20)5-6-16(21)19-10-8-12-7-9-18-11-12/h1-4,12,18H,5-11H2,(H,19,21). The van der Waals surface area contributed by atoms with E-state index >= 15 is 0 Å². The summed E-state index contributed by atoms with van der Waals surface area (Å²) < 4.78 is 0. The summed E-state index contributed by atoms with van der Waals surface area (Å²) in [5.74, 6) is 0.589. The number of ketones is 1. The topological polar surface area (TPSA) is 58.2 Å². The van der Waals surface area contributed by atoms with E-state index in [0.717, 1.165) is 19.5 Å². The smallest absolute Gasteiger partial charge is 0.220 e. The van der Waals surface area contributed by atoms with Gasteiger partial charge >= 0.3 is 0 Å². The van der Waals surface area contributed by atoms with Crippen LogP contribution in [0.15, 0.2) is 24.3 Å². The molecule has 0 saturated carbocycles. The van der Waals surface area contributed by atoms with Crippen molar-refractivity contribution in [3.8, 4) is 0 Å². The normalized spacial score (nSPS) is 17.7. The molecule has 21 heavy (non-hydrogen) atoms. The molecule has 1 saturated heterocycles. The van der Waals surface area contributed by atoms with Crippen LogP contribution in [0.2, 0.25) is 5.02 Å². The molecule has 1 aliphatic rings. The Morgan fingerprint density at radius 1 is 1.24 bits per heavy atom. The molecule has 4 nitrogen and oxygen atoms in total. The van der Waals surface area contributed by atoms with Gasteiger partial charge in [0.2, 0.25) is 5.91 Å². The van der Waals surface area contributed by atoms with Gasteiger partial charge in [-0.05, 0) is 56.1 Å². The van der Waals surface area contributed by atoms with Gasteiger partial charge in [-0.3, -0.25) is 9.59 Å². The van der Waals surface area contributed by atoms with Crippen molar-refractivity contribution in [3.05, 3.63) is 34.9 Å². The Balaban J connectivity index is 1.63. The van der Waals surface area contributed by atoms with Crippen molar-refractivity contribution in [2.75, 3.05) is 19.6 Å². The first-order chi connectivity index (χ1) is 10.1. The van der Waals surface area contributed by atoms with E-state index < -0.39 is 0 Å². The summed E-state index contributed by atoms with van der Waals surface area (Å²) >= 11 is 5.78. The Morgan fingerprint density at radius 2 is 2.00 bits per heavy atom. The zero-order valence-corrected chi connectivity index (χ0v) is 12.8. The molecule has 114 valence electrons. The van der Waals surface area contributed by atoms with Crippen molar-refractivity contribution in [2.45, 2.75) is 25.7 Å². The molecule has 1 aromatic carbocycles. The lowest BCUT2D eigenvalue weighted by atomic mass is 10.0. The van der Waals surface area contributed by atoms with Crippen LogP contribution in [-0.2, 0) is 4.79 Å². The molecule has 1 unspecified atom stereocenters. The van der Waals surface area contributed by atoms with Crippen LogP contribution in [0.5, 0.6) is 0 Å². The molecule has 1 atom stereocenters. The number of halogens is 1. The summed E-state index contributed by atoms with van der Waals surface area (Å²) in [6.07, 6.45) is 2.66. The monoisotopic (exact) mass is 308 g/mol. The van der Waals surface area contributed by atoms with Gasteiger partial charge in [0, 0.05) is 30.0 Å². The summed E-state index contributed by atoms with van der Waals surface area (Å²) in [5, 5.41) is 6.79. The van der Waals surface area contributed by atoms with Crippen LogP contribution in [0.1, 0.15) is 36.0 Å². The average Bonchev–Trinajstić information content (AvgIpc) is 2.99. The SMILES string of the molecule is O=C(CCC(=O)c1ccc(Cl)cc1)NCCC1CCNC1. The first kappa shape index (κ1) is 16.0. The van der Waals surface area contributed by atoms with E-state index in [1.165, 1.54) is 6.42 Å². The van der Waals surface area contributed by atoms with Gasteiger partial charge in [-0.15, -0.1) is 0 Å². The quantitative estimate of drug-likeness (QED) is 0.761. The van der Waals surface area contributed by atoms with Crippen LogP contribution < -0.4 is 10.6 Å². The molecule has 0 aliphatic carbocycles. The summed E-state index contributed by atoms with van der Waals surface area (Å²) in [6, 6.07) is 6.75. The molecule has 0 spiro atoms. The Labute approximate surface area is 130 Å². The van der Waals surface area contributed by atoms with Crippen LogP contribution in [0, 0.1) is 5.92 Å². The fourth-order valence-corrected chi connectivity index (χ4v) is 2.60. The number of Topliss-reactive ketones (excluding diaryl/α,β-unsaturated/α-hetero) is 1. The lowest BCUT2D eigenvalue weighted by molar-refractivity contribution is -0.121. The average molecular weight is 309 g/mol. The Hall–Kier alpha value is -1.39. The third kappa shape index (κ3) is 5.48. The van der Waals surface area contributed by atoms with E-state index in [1.807, 2.05) is 0 Å². The van der Waals surface area contributed by atoms with Crippen molar-refractivity contribution in [1.82, 2.24) is 10.6 Å². The maximum Gasteiger partial charge on any atom is 0.220 e. The van der Waals surface area contributed by atoms with Gasteiger partial charge in [0.1, 0.15) is 0 Å². The van der Waals surface area contributed by atoms with E-state index in [0.29, 0.717) is 23.0 Å². The maximum absolute atomic E-state index is 11.9. The van der Waals surface area contributed by atoms with Crippen LogP contribution in [0.25, 0.3) is 0 Å². The fourth-order valence-electron chi connectivity index (χ4n) is 2.47. The highest BCUT2D eigenvalue weighted by molar-refractivity contribution is 6.30. The molecular weight excluding hydrogens is 288 g/mol.